The fourth-order valence-corrected chi connectivity index (χ4v) is 3.77. The second kappa shape index (κ2) is 8.92. The van der Waals surface area contributed by atoms with Crippen LogP contribution in [0.1, 0.15) is 45.6 Å². The Bertz CT molecular complexity index is 686. The summed E-state index contributed by atoms with van der Waals surface area (Å²) in [6, 6.07) is 7.93. The third-order valence-corrected chi connectivity index (χ3v) is 5.57. The molecule has 3 rings (SSSR count). The molecule has 1 saturated heterocycles. The first-order valence-corrected chi connectivity index (χ1v) is 9.53. The number of thioether (sulfide) groups is 1. The van der Waals surface area contributed by atoms with Gasteiger partial charge in [0.15, 0.2) is 0 Å². The fourth-order valence-electron chi connectivity index (χ4n) is 2.92. The van der Waals surface area contributed by atoms with Crippen LogP contribution >= 0.6 is 11.8 Å². The predicted molar refractivity (Wildman–Crippen MR) is 101 cm³/mol. The molecule has 0 aliphatic carbocycles. The predicted octanol–water partition coefficient (Wildman–Crippen LogP) is 4.89. The molecule has 1 unspecified atom stereocenters. The summed E-state index contributed by atoms with van der Waals surface area (Å²) in [6.07, 6.45) is 6.52. The highest BCUT2D eigenvalue weighted by Crippen LogP contribution is 2.26. The first-order valence-electron chi connectivity index (χ1n) is 8.65. The van der Waals surface area contributed by atoms with Gasteiger partial charge in [-0.2, -0.15) is 0 Å². The molecule has 0 radical (unpaired) electrons. The molecule has 1 fully saturated rings. The standard InChI is InChI=1S/C12H10N2O2S.C7H16/c15-11-10(17-12(16)14-11)6-7-2-1-3-9-8(7)4-5-13-9;1-4-7(5-2)6-3/h1-5,10,13H,6H2,(H,14,15,16);7H,4-6H2,1-3H3. The van der Waals surface area contributed by atoms with Gasteiger partial charge in [0.25, 0.3) is 5.24 Å². The van der Waals surface area contributed by atoms with E-state index in [0.717, 1.165) is 34.1 Å². The van der Waals surface area contributed by atoms with Crippen LogP contribution in [-0.4, -0.2) is 21.4 Å². The Morgan fingerprint density at radius 2 is 1.79 bits per heavy atom. The number of carbonyl (C=O) groups is 2. The van der Waals surface area contributed by atoms with Gasteiger partial charge in [-0.15, -0.1) is 0 Å². The summed E-state index contributed by atoms with van der Waals surface area (Å²) in [5.74, 6) is 0.799. The van der Waals surface area contributed by atoms with Crippen molar-refractivity contribution in [1.82, 2.24) is 10.3 Å². The normalized spacial score (nSPS) is 17.1. The van der Waals surface area contributed by atoms with E-state index in [1.807, 2.05) is 30.5 Å². The Kier molecular flexibility index (Phi) is 6.91. The number of hydrogen-bond acceptors (Lipinski definition) is 3. The second-order valence-electron chi connectivity index (χ2n) is 6.03. The first kappa shape index (κ1) is 18.6. The zero-order chi connectivity index (χ0) is 17.5. The highest BCUT2D eigenvalue weighted by atomic mass is 32.2. The van der Waals surface area contributed by atoms with E-state index in [1.54, 1.807) is 0 Å². The molecule has 24 heavy (non-hydrogen) atoms. The molecule has 130 valence electrons. The Morgan fingerprint density at radius 1 is 1.08 bits per heavy atom. The van der Waals surface area contributed by atoms with Gasteiger partial charge in [-0.05, 0) is 30.0 Å². The Balaban J connectivity index is 0.000000256. The average Bonchev–Trinajstić information content (AvgIpc) is 3.17. The number of H-pyrrole nitrogens is 1. The van der Waals surface area contributed by atoms with E-state index in [1.165, 1.54) is 19.3 Å². The van der Waals surface area contributed by atoms with Crippen molar-refractivity contribution < 1.29 is 9.59 Å². The Hall–Kier alpha value is -1.75. The molecular weight excluding hydrogens is 320 g/mol. The van der Waals surface area contributed by atoms with Gasteiger partial charge in [0.2, 0.25) is 5.91 Å². The summed E-state index contributed by atoms with van der Waals surface area (Å²) < 4.78 is 0. The van der Waals surface area contributed by atoms with E-state index >= 15 is 0 Å². The number of fused-ring (bicyclic) bond motifs is 1. The van der Waals surface area contributed by atoms with Crippen molar-refractivity contribution in [1.29, 1.82) is 0 Å². The minimum absolute atomic E-state index is 0.187. The molecule has 5 heteroatoms. The smallest absolute Gasteiger partial charge is 0.286 e. The van der Waals surface area contributed by atoms with E-state index in [4.69, 9.17) is 0 Å². The lowest BCUT2D eigenvalue weighted by Gasteiger charge is -2.06. The third-order valence-electron chi connectivity index (χ3n) is 4.59. The summed E-state index contributed by atoms with van der Waals surface area (Å²) in [4.78, 5) is 25.7. The largest absolute Gasteiger partial charge is 0.361 e. The molecule has 1 atom stereocenters. The lowest BCUT2D eigenvalue weighted by Crippen LogP contribution is -2.25. The van der Waals surface area contributed by atoms with Gasteiger partial charge in [-0.1, -0.05) is 63.9 Å². The maximum atomic E-state index is 11.5. The van der Waals surface area contributed by atoms with Crippen LogP contribution in [0.5, 0.6) is 0 Å². The molecular formula is C19H26N2O2S. The zero-order valence-electron chi connectivity index (χ0n) is 14.6. The molecule has 0 spiro atoms. The minimum atomic E-state index is -0.303. The number of benzene rings is 1. The second-order valence-corrected chi connectivity index (χ2v) is 7.21. The molecule has 4 nitrogen and oxygen atoms in total. The Labute approximate surface area is 147 Å². The van der Waals surface area contributed by atoms with E-state index < -0.39 is 0 Å². The number of amides is 2. The van der Waals surface area contributed by atoms with Crippen LogP contribution in [0.4, 0.5) is 4.79 Å². The number of aromatic nitrogens is 1. The molecule has 1 aromatic carbocycles. The molecule has 2 amide bonds. The quantitative estimate of drug-likeness (QED) is 0.810. The lowest BCUT2D eigenvalue weighted by molar-refractivity contribution is -0.118. The summed E-state index contributed by atoms with van der Waals surface area (Å²) in [5, 5.41) is 2.87. The van der Waals surface area contributed by atoms with Crippen LogP contribution in [0.2, 0.25) is 0 Å². The van der Waals surface area contributed by atoms with Gasteiger partial charge in [-0.25, -0.2) is 0 Å². The number of nitrogens with one attached hydrogen (secondary N) is 2. The van der Waals surface area contributed by atoms with Crippen molar-refractivity contribution >= 4 is 33.8 Å². The lowest BCUT2D eigenvalue weighted by atomic mass is 10.0. The molecule has 0 bridgehead atoms. The van der Waals surface area contributed by atoms with Gasteiger partial charge in [-0.3, -0.25) is 14.9 Å². The fraction of sp³-hybridized carbons (Fsp3) is 0.474. The van der Waals surface area contributed by atoms with Crippen LogP contribution in [-0.2, 0) is 11.2 Å². The SMILES string of the molecule is CCC(CC)CC.O=C1NC(=O)C(Cc2cccc3[nH]ccc23)S1. The summed E-state index contributed by atoms with van der Waals surface area (Å²) >= 11 is 1.07. The van der Waals surface area contributed by atoms with Crippen molar-refractivity contribution in [3.05, 3.63) is 36.0 Å². The van der Waals surface area contributed by atoms with E-state index in [9.17, 15) is 9.59 Å². The van der Waals surface area contributed by atoms with Crippen LogP contribution in [0.15, 0.2) is 30.5 Å². The van der Waals surface area contributed by atoms with Gasteiger partial charge in [0.1, 0.15) is 0 Å². The van der Waals surface area contributed by atoms with Crippen molar-refractivity contribution in [3.63, 3.8) is 0 Å². The van der Waals surface area contributed by atoms with E-state index in [2.05, 4.69) is 31.1 Å². The zero-order valence-corrected chi connectivity index (χ0v) is 15.4. The molecule has 2 heterocycles. The average molecular weight is 346 g/mol. The molecule has 1 aliphatic heterocycles. The monoisotopic (exact) mass is 346 g/mol. The van der Waals surface area contributed by atoms with Gasteiger partial charge in [0.05, 0.1) is 5.25 Å². The minimum Gasteiger partial charge on any atom is -0.361 e. The maximum absolute atomic E-state index is 11.5. The summed E-state index contributed by atoms with van der Waals surface area (Å²) in [5.41, 5.74) is 2.14. The van der Waals surface area contributed by atoms with Crippen molar-refractivity contribution in [2.45, 2.75) is 51.7 Å². The molecule has 1 aliphatic rings. The number of rotatable bonds is 5. The summed E-state index contributed by atoms with van der Waals surface area (Å²) in [6.45, 7) is 6.78. The van der Waals surface area contributed by atoms with Crippen molar-refractivity contribution in [3.8, 4) is 0 Å². The maximum Gasteiger partial charge on any atom is 0.286 e. The number of hydrogen-bond donors (Lipinski definition) is 2. The topological polar surface area (TPSA) is 62.0 Å². The molecule has 2 N–H and O–H groups in total. The van der Waals surface area contributed by atoms with E-state index in [-0.39, 0.29) is 16.4 Å². The van der Waals surface area contributed by atoms with Crippen molar-refractivity contribution in [2.75, 3.05) is 0 Å². The van der Waals surface area contributed by atoms with Crippen LogP contribution in [0, 0.1) is 5.92 Å². The summed E-state index contributed by atoms with van der Waals surface area (Å²) in [7, 11) is 0. The van der Waals surface area contributed by atoms with E-state index in [0.29, 0.717) is 6.42 Å². The van der Waals surface area contributed by atoms with Crippen LogP contribution in [0.3, 0.4) is 0 Å². The van der Waals surface area contributed by atoms with Crippen molar-refractivity contribution in [2.24, 2.45) is 5.92 Å². The molecule has 1 aromatic heterocycles. The van der Waals surface area contributed by atoms with Gasteiger partial charge < -0.3 is 4.98 Å². The third kappa shape index (κ3) is 4.63. The first-order chi connectivity index (χ1) is 11.6. The van der Waals surface area contributed by atoms with Gasteiger partial charge >= 0.3 is 0 Å². The highest BCUT2D eigenvalue weighted by molar-refractivity contribution is 8.15. The molecule has 2 aromatic rings. The molecule has 0 saturated carbocycles. The number of carbonyl (C=O) groups excluding carboxylic acids is 2. The highest BCUT2D eigenvalue weighted by Gasteiger charge is 2.31. The Morgan fingerprint density at radius 3 is 2.33 bits per heavy atom. The van der Waals surface area contributed by atoms with Crippen LogP contribution in [0.25, 0.3) is 10.9 Å². The number of aromatic amines is 1. The number of imide groups is 1. The van der Waals surface area contributed by atoms with Gasteiger partial charge in [0, 0.05) is 17.1 Å². The van der Waals surface area contributed by atoms with Crippen LogP contribution < -0.4 is 5.32 Å².